The van der Waals surface area contributed by atoms with E-state index in [4.69, 9.17) is 0 Å². The summed E-state index contributed by atoms with van der Waals surface area (Å²) in [7, 11) is 0. The van der Waals surface area contributed by atoms with Gasteiger partial charge in [0.2, 0.25) is 0 Å². The normalized spacial score (nSPS) is 12.6. The van der Waals surface area contributed by atoms with Gasteiger partial charge >= 0.3 is 6.17 Å². The Morgan fingerprint density at radius 1 is 0.852 bits per heavy atom. The van der Waals surface area contributed by atoms with Crippen molar-refractivity contribution in [2.24, 2.45) is 20.7 Å². The highest BCUT2D eigenvalue weighted by Crippen LogP contribution is 2.40. The molecule has 0 amide bonds. The maximum atomic E-state index is 11.0. The summed E-state index contributed by atoms with van der Waals surface area (Å²) in [6.45, 7) is 0. The van der Waals surface area contributed by atoms with Crippen LogP contribution in [-0.2, 0) is 0 Å². The Bertz CT molecular complexity index is 1050. The molecule has 7 nitrogen and oxygen atoms in total. The standard InChI is InChI=1S/C19H11IN5O2/c20-14-8-4-13(5-9-14)18-16(12-6-10-15(11-7-12)25(26)27)2-1-3-17(18)19-21-23-24-22-19/h1-11H/q+1. The third-order valence-corrected chi connectivity index (χ3v) is 4.87. The summed E-state index contributed by atoms with van der Waals surface area (Å²) in [5.74, 6) is 0. The van der Waals surface area contributed by atoms with E-state index in [0.29, 0.717) is 6.17 Å². The van der Waals surface area contributed by atoms with Crippen molar-refractivity contribution < 1.29 is 4.92 Å². The van der Waals surface area contributed by atoms with Crippen molar-refractivity contribution in [1.82, 2.24) is 0 Å². The fourth-order valence-corrected chi connectivity index (χ4v) is 3.28. The summed E-state index contributed by atoms with van der Waals surface area (Å²) in [5, 5.41) is 26.1. The lowest BCUT2D eigenvalue weighted by Gasteiger charge is -2.09. The predicted octanol–water partition coefficient (Wildman–Crippen LogP) is 6.20. The quantitative estimate of drug-likeness (QED) is 0.197. The topological polar surface area (TPSA) is 92.6 Å². The Kier molecular flexibility index (Phi) is 4.63. The summed E-state index contributed by atoms with van der Waals surface area (Å²) >= 11 is 2.26. The van der Waals surface area contributed by atoms with E-state index >= 15 is 0 Å². The first-order valence-corrected chi connectivity index (χ1v) is 9.04. The van der Waals surface area contributed by atoms with Crippen LogP contribution in [-0.4, -0.2) is 4.92 Å². The lowest BCUT2D eigenvalue weighted by Crippen LogP contribution is -1.97. The average Bonchev–Trinajstić information content (AvgIpc) is 3.23. The number of benzene rings is 3. The number of nitrogens with zero attached hydrogens (tertiary/aromatic N) is 5. The fraction of sp³-hybridized carbons (Fsp3) is 0. The Morgan fingerprint density at radius 3 is 2.11 bits per heavy atom. The van der Waals surface area contributed by atoms with E-state index in [9.17, 15) is 10.1 Å². The van der Waals surface area contributed by atoms with Crippen LogP contribution in [0, 0.1) is 19.9 Å². The molecule has 0 saturated heterocycles. The van der Waals surface area contributed by atoms with Crippen LogP contribution in [0.3, 0.4) is 0 Å². The number of halogens is 1. The maximum Gasteiger partial charge on any atom is 0.314 e. The molecular formula is C19H11IN5O2+. The van der Waals surface area contributed by atoms with Crippen LogP contribution < -0.4 is 0 Å². The SMILES string of the molecule is O=[N+]([O-])c1ccc(-c2cccc([C+]3N=NN=N3)c2-c2ccc(I)cc2)cc1. The van der Waals surface area contributed by atoms with Crippen LogP contribution in [0.1, 0.15) is 5.56 Å². The molecule has 27 heavy (non-hydrogen) atoms. The number of hydrogen-bond donors (Lipinski definition) is 0. The van der Waals surface area contributed by atoms with Crippen molar-refractivity contribution in [2.75, 3.05) is 0 Å². The third kappa shape index (κ3) is 3.43. The minimum atomic E-state index is -0.407. The highest BCUT2D eigenvalue weighted by Gasteiger charge is 2.31. The molecule has 3 aromatic carbocycles. The molecule has 1 heterocycles. The second-order valence-corrected chi connectivity index (χ2v) is 6.99. The molecule has 4 rings (SSSR count). The Labute approximate surface area is 168 Å². The zero-order valence-electron chi connectivity index (χ0n) is 13.8. The van der Waals surface area contributed by atoms with Gasteiger partial charge in [-0.15, -0.1) is 0 Å². The highest BCUT2D eigenvalue weighted by molar-refractivity contribution is 14.1. The molecule has 0 atom stereocenters. The molecule has 0 saturated carbocycles. The fourth-order valence-electron chi connectivity index (χ4n) is 2.92. The highest BCUT2D eigenvalue weighted by atomic mass is 127. The van der Waals surface area contributed by atoms with E-state index in [1.165, 1.54) is 12.1 Å². The zero-order chi connectivity index (χ0) is 18.8. The van der Waals surface area contributed by atoms with Crippen molar-refractivity contribution in [1.29, 1.82) is 0 Å². The van der Waals surface area contributed by atoms with Gasteiger partial charge in [-0.05, 0) is 97.4 Å². The summed E-state index contributed by atoms with van der Waals surface area (Å²) < 4.78 is 1.12. The lowest BCUT2D eigenvalue weighted by molar-refractivity contribution is -0.384. The van der Waals surface area contributed by atoms with Gasteiger partial charge in [-0.25, -0.2) is 0 Å². The molecule has 1 aliphatic heterocycles. The summed E-state index contributed by atoms with van der Waals surface area (Å²) in [6, 6.07) is 20.4. The molecule has 0 N–H and O–H groups in total. The van der Waals surface area contributed by atoms with E-state index in [2.05, 4.69) is 43.3 Å². The second-order valence-electron chi connectivity index (χ2n) is 5.74. The van der Waals surface area contributed by atoms with Gasteiger partial charge in [0.1, 0.15) is 5.56 Å². The Balaban J connectivity index is 1.91. The molecule has 0 radical (unpaired) electrons. The van der Waals surface area contributed by atoms with Gasteiger partial charge in [0.25, 0.3) is 5.69 Å². The van der Waals surface area contributed by atoms with E-state index < -0.39 is 4.92 Å². The third-order valence-electron chi connectivity index (χ3n) is 4.15. The van der Waals surface area contributed by atoms with Crippen molar-refractivity contribution in [3.63, 3.8) is 0 Å². The minimum absolute atomic E-state index is 0.0542. The number of nitro groups is 1. The number of rotatable bonds is 4. The van der Waals surface area contributed by atoms with Gasteiger partial charge in [0.05, 0.1) is 11.0 Å². The first-order valence-electron chi connectivity index (χ1n) is 7.96. The van der Waals surface area contributed by atoms with Crippen molar-refractivity contribution in [3.05, 3.63) is 92.1 Å². The maximum absolute atomic E-state index is 11.0. The van der Waals surface area contributed by atoms with Crippen LogP contribution >= 0.6 is 22.6 Å². The van der Waals surface area contributed by atoms with Crippen LogP contribution in [0.4, 0.5) is 5.69 Å². The number of non-ortho nitro benzene ring substituents is 1. The lowest BCUT2D eigenvalue weighted by atomic mass is 9.89. The predicted molar refractivity (Wildman–Crippen MR) is 109 cm³/mol. The van der Waals surface area contributed by atoms with Crippen LogP contribution in [0.5, 0.6) is 0 Å². The number of nitro benzene ring substituents is 1. The summed E-state index contributed by atoms with van der Waals surface area (Å²) in [4.78, 5) is 10.5. The molecular weight excluding hydrogens is 457 g/mol. The van der Waals surface area contributed by atoms with E-state index in [-0.39, 0.29) is 5.69 Å². The Hall–Kier alpha value is -3.14. The van der Waals surface area contributed by atoms with Crippen molar-refractivity contribution in [3.8, 4) is 22.3 Å². The molecule has 0 aromatic heterocycles. The van der Waals surface area contributed by atoms with Gasteiger partial charge < -0.3 is 0 Å². The smallest absolute Gasteiger partial charge is 0.258 e. The molecule has 130 valence electrons. The monoisotopic (exact) mass is 468 g/mol. The first-order chi connectivity index (χ1) is 13.1. The molecule has 3 aromatic rings. The first kappa shape index (κ1) is 17.3. The Morgan fingerprint density at radius 2 is 1.48 bits per heavy atom. The molecule has 0 bridgehead atoms. The van der Waals surface area contributed by atoms with Crippen LogP contribution in [0.15, 0.2) is 87.4 Å². The molecule has 1 aliphatic rings. The van der Waals surface area contributed by atoms with E-state index in [1.807, 2.05) is 42.5 Å². The van der Waals surface area contributed by atoms with Crippen molar-refractivity contribution >= 4 is 28.3 Å². The minimum Gasteiger partial charge on any atom is -0.258 e. The van der Waals surface area contributed by atoms with Gasteiger partial charge in [-0.1, -0.05) is 0 Å². The molecule has 0 fully saturated rings. The number of hydrogen-bond acceptors (Lipinski definition) is 6. The van der Waals surface area contributed by atoms with Gasteiger partial charge in [0, 0.05) is 26.8 Å². The van der Waals surface area contributed by atoms with Gasteiger partial charge in [-0.3, -0.25) is 10.1 Å². The van der Waals surface area contributed by atoms with Gasteiger partial charge in [-0.2, -0.15) is 0 Å². The molecule has 0 aliphatic carbocycles. The summed E-state index contributed by atoms with van der Waals surface area (Å²) in [6.07, 6.45) is 0.437. The van der Waals surface area contributed by atoms with Crippen LogP contribution in [0.2, 0.25) is 0 Å². The van der Waals surface area contributed by atoms with Crippen LogP contribution in [0.25, 0.3) is 22.3 Å². The van der Waals surface area contributed by atoms with Crippen molar-refractivity contribution in [2.45, 2.75) is 0 Å². The molecule has 0 unspecified atom stereocenters. The molecule has 0 spiro atoms. The largest absolute Gasteiger partial charge is 0.314 e. The molecule has 8 heteroatoms. The van der Waals surface area contributed by atoms with E-state index in [1.54, 1.807) is 12.1 Å². The summed E-state index contributed by atoms with van der Waals surface area (Å²) in [5.41, 5.74) is 4.56. The van der Waals surface area contributed by atoms with E-state index in [0.717, 1.165) is 31.4 Å². The zero-order valence-corrected chi connectivity index (χ0v) is 15.9. The second kappa shape index (κ2) is 7.23. The average molecular weight is 468 g/mol. The van der Waals surface area contributed by atoms with Gasteiger partial charge in [0.15, 0.2) is 5.56 Å².